The summed E-state index contributed by atoms with van der Waals surface area (Å²) >= 11 is 0. The highest BCUT2D eigenvalue weighted by atomic mass is 16.4. The number of carbonyl (C=O) groups is 2. The molecule has 0 aliphatic heterocycles. The quantitative estimate of drug-likeness (QED) is 0.383. The molecule has 0 aliphatic carbocycles. The molecule has 0 fully saturated rings. The highest BCUT2D eigenvalue weighted by molar-refractivity contribution is 5.76. The summed E-state index contributed by atoms with van der Waals surface area (Å²) < 4.78 is 0. The molecule has 0 aromatic heterocycles. The number of hydrogen-bond acceptors (Lipinski definition) is 3. The molecule has 0 bridgehead atoms. The standard InChI is InChI=1S/C20H40N2O3/c1-4-7-8-9-10-11-12-13-14-15-19(23)21-17-16-18(20(24)25)22(5-2)6-3/h18H,4-17H2,1-3H3,(H,21,23)(H,24,25). The Morgan fingerprint density at radius 2 is 1.40 bits per heavy atom. The molecular formula is C20H40N2O3. The maximum Gasteiger partial charge on any atom is 0.320 e. The van der Waals surface area contributed by atoms with E-state index in [1.165, 1.54) is 44.9 Å². The van der Waals surface area contributed by atoms with Gasteiger partial charge in [-0.1, -0.05) is 72.1 Å². The lowest BCUT2D eigenvalue weighted by Crippen LogP contribution is -2.43. The third-order valence-electron chi connectivity index (χ3n) is 4.79. The predicted molar refractivity (Wildman–Crippen MR) is 104 cm³/mol. The number of amides is 1. The van der Waals surface area contributed by atoms with E-state index in [0.717, 1.165) is 12.8 Å². The fourth-order valence-corrected chi connectivity index (χ4v) is 3.16. The highest BCUT2D eigenvalue weighted by Crippen LogP contribution is 2.10. The Kier molecular flexibility index (Phi) is 15.7. The molecule has 0 aromatic carbocycles. The number of rotatable bonds is 17. The number of nitrogens with zero attached hydrogens (tertiary/aromatic N) is 1. The van der Waals surface area contributed by atoms with Crippen LogP contribution in [0.2, 0.25) is 0 Å². The number of carboxylic acid groups (broad SMARTS) is 1. The fraction of sp³-hybridized carbons (Fsp3) is 0.900. The van der Waals surface area contributed by atoms with Crippen LogP contribution in [0.15, 0.2) is 0 Å². The third-order valence-corrected chi connectivity index (χ3v) is 4.79. The first-order valence-electron chi connectivity index (χ1n) is 10.3. The number of carboxylic acids is 1. The summed E-state index contributed by atoms with van der Waals surface area (Å²) in [6.07, 6.45) is 12.2. The van der Waals surface area contributed by atoms with Crippen molar-refractivity contribution in [1.29, 1.82) is 0 Å². The first-order chi connectivity index (χ1) is 12.1. The van der Waals surface area contributed by atoms with Crippen LogP contribution >= 0.6 is 0 Å². The largest absolute Gasteiger partial charge is 0.480 e. The van der Waals surface area contributed by atoms with Gasteiger partial charge in [-0.15, -0.1) is 0 Å². The van der Waals surface area contributed by atoms with E-state index in [2.05, 4.69) is 12.2 Å². The van der Waals surface area contributed by atoms with Gasteiger partial charge >= 0.3 is 5.97 Å². The molecule has 0 spiro atoms. The van der Waals surface area contributed by atoms with Crippen LogP contribution in [0.3, 0.4) is 0 Å². The Bertz CT molecular complexity index is 344. The second kappa shape index (κ2) is 16.4. The molecule has 5 heteroatoms. The molecule has 0 radical (unpaired) electrons. The minimum atomic E-state index is -0.808. The van der Waals surface area contributed by atoms with Crippen molar-refractivity contribution >= 4 is 11.9 Å². The molecule has 148 valence electrons. The summed E-state index contributed by atoms with van der Waals surface area (Å²) in [5.41, 5.74) is 0. The van der Waals surface area contributed by atoms with Crippen LogP contribution in [0.1, 0.15) is 91.4 Å². The Hall–Kier alpha value is -1.10. The number of hydrogen-bond donors (Lipinski definition) is 2. The van der Waals surface area contributed by atoms with Crippen LogP contribution in [0.25, 0.3) is 0 Å². The van der Waals surface area contributed by atoms with Crippen molar-refractivity contribution in [3.8, 4) is 0 Å². The number of likely N-dealkylation sites (N-methyl/N-ethyl adjacent to an activating group) is 1. The van der Waals surface area contributed by atoms with E-state index in [-0.39, 0.29) is 5.91 Å². The van der Waals surface area contributed by atoms with Crippen LogP contribution in [0, 0.1) is 0 Å². The van der Waals surface area contributed by atoms with Crippen LogP contribution in [0.5, 0.6) is 0 Å². The normalized spacial score (nSPS) is 12.3. The zero-order valence-electron chi connectivity index (χ0n) is 16.7. The second-order valence-corrected chi connectivity index (χ2v) is 6.79. The van der Waals surface area contributed by atoms with Gasteiger partial charge in [-0.3, -0.25) is 14.5 Å². The van der Waals surface area contributed by atoms with Gasteiger partial charge in [0.2, 0.25) is 5.91 Å². The maximum atomic E-state index is 11.8. The molecular weight excluding hydrogens is 316 g/mol. The zero-order chi connectivity index (χ0) is 18.9. The first kappa shape index (κ1) is 23.9. The molecule has 0 aromatic rings. The zero-order valence-corrected chi connectivity index (χ0v) is 16.7. The summed E-state index contributed by atoms with van der Waals surface area (Å²) in [5, 5.41) is 12.2. The van der Waals surface area contributed by atoms with Crippen molar-refractivity contribution in [2.45, 2.75) is 97.4 Å². The van der Waals surface area contributed by atoms with Crippen LogP contribution < -0.4 is 5.32 Å². The van der Waals surface area contributed by atoms with E-state index in [0.29, 0.717) is 32.5 Å². The summed E-state index contributed by atoms with van der Waals surface area (Å²) in [6, 6.07) is -0.511. The Morgan fingerprint density at radius 3 is 1.88 bits per heavy atom. The molecule has 0 rings (SSSR count). The van der Waals surface area contributed by atoms with Gasteiger partial charge in [0.15, 0.2) is 0 Å². The average molecular weight is 357 g/mol. The highest BCUT2D eigenvalue weighted by Gasteiger charge is 2.22. The van der Waals surface area contributed by atoms with Gasteiger partial charge < -0.3 is 10.4 Å². The van der Waals surface area contributed by atoms with Crippen molar-refractivity contribution in [2.75, 3.05) is 19.6 Å². The molecule has 1 amide bonds. The van der Waals surface area contributed by atoms with E-state index < -0.39 is 12.0 Å². The molecule has 0 saturated carbocycles. The number of carbonyl (C=O) groups excluding carboxylic acids is 1. The van der Waals surface area contributed by atoms with Crippen molar-refractivity contribution < 1.29 is 14.7 Å². The molecule has 0 heterocycles. The first-order valence-corrected chi connectivity index (χ1v) is 10.3. The molecule has 5 nitrogen and oxygen atoms in total. The van der Waals surface area contributed by atoms with E-state index in [1.54, 1.807) is 0 Å². The second-order valence-electron chi connectivity index (χ2n) is 6.79. The molecule has 0 saturated heterocycles. The van der Waals surface area contributed by atoms with Crippen molar-refractivity contribution in [3.05, 3.63) is 0 Å². The number of unbranched alkanes of at least 4 members (excludes halogenated alkanes) is 8. The Morgan fingerprint density at radius 1 is 0.880 bits per heavy atom. The van der Waals surface area contributed by atoms with Gasteiger partial charge in [-0.2, -0.15) is 0 Å². The van der Waals surface area contributed by atoms with Gasteiger partial charge in [-0.25, -0.2) is 0 Å². The Labute approximate surface area is 154 Å². The number of aliphatic carboxylic acids is 1. The van der Waals surface area contributed by atoms with Crippen molar-refractivity contribution in [2.24, 2.45) is 0 Å². The van der Waals surface area contributed by atoms with Gasteiger partial charge in [0, 0.05) is 13.0 Å². The topological polar surface area (TPSA) is 69.6 Å². The predicted octanol–water partition coefficient (Wildman–Crippen LogP) is 4.21. The maximum absolute atomic E-state index is 11.8. The van der Waals surface area contributed by atoms with E-state index >= 15 is 0 Å². The van der Waals surface area contributed by atoms with Gasteiger partial charge in [-0.05, 0) is 25.9 Å². The van der Waals surface area contributed by atoms with Crippen molar-refractivity contribution in [3.63, 3.8) is 0 Å². The van der Waals surface area contributed by atoms with Crippen molar-refractivity contribution in [1.82, 2.24) is 10.2 Å². The lowest BCUT2D eigenvalue weighted by Gasteiger charge is -2.26. The Balaban J connectivity index is 3.67. The summed E-state index contributed by atoms with van der Waals surface area (Å²) in [5.74, 6) is -0.761. The summed E-state index contributed by atoms with van der Waals surface area (Å²) in [4.78, 5) is 25.1. The summed E-state index contributed by atoms with van der Waals surface area (Å²) in [6.45, 7) is 8.00. The minimum Gasteiger partial charge on any atom is -0.480 e. The van der Waals surface area contributed by atoms with E-state index in [4.69, 9.17) is 0 Å². The van der Waals surface area contributed by atoms with Crippen LogP contribution in [-0.4, -0.2) is 47.6 Å². The molecule has 25 heavy (non-hydrogen) atoms. The lowest BCUT2D eigenvalue weighted by molar-refractivity contribution is -0.143. The molecule has 1 unspecified atom stereocenters. The summed E-state index contributed by atoms with van der Waals surface area (Å²) in [7, 11) is 0. The van der Waals surface area contributed by atoms with Gasteiger partial charge in [0.05, 0.1) is 0 Å². The minimum absolute atomic E-state index is 0.0478. The number of nitrogens with one attached hydrogen (secondary N) is 1. The monoisotopic (exact) mass is 356 g/mol. The lowest BCUT2D eigenvalue weighted by atomic mass is 10.1. The molecule has 0 aliphatic rings. The fourth-order valence-electron chi connectivity index (χ4n) is 3.16. The van der Waals surface area contributed by atoms with Crippen LogP contribution in [-0.2, 0) is 9.59 Å². The SMILES string of the molecule is CCCCCCCCCCCC(=O)NCCC(C(=O)O)N(CC)CC. The van der Waals surface area contributed by atoms with E-state index in [1.807, 2.05) is 18.7 Å². The van der Waals surface area contributed by atoms with Crippen LogP contribution in [0.4, 0.5) is 0 Å². The molecule has 1 atom stereocenters. The average Bonchev–Trinajstić information content (AvgIpc) is 2.59. The van der Waals surface area contributed by atoms with Gasteiger partial charge in [0.25, 0.3) is 0 Å². The van der Waals surface area contributed by atoms with E-state index in [9.17, 15) is 14.7 Å². The third kappa shape index (κ3) is 12.9. The smallest absolute Gasteiger partial charge is 0.320 e. The molecule has 2 N–H and O–H groups in total. The van der Waals surface area contributed by atoms with Gasteiger partial charge in [0.1, 0.15) is 6.04 Å².